The van der Waals surface area contributed by atoms with Crippen molar-refractivity contribution in [3.8, 4) is 0 Å². The van der Waals surface area contributed by atoms with Gasteiger partial charge in [-0.15, -0.1) is 0 Å². The number of anilines is 1. The Bertz CT molecular complexity index is 761. The molecule has 3 rings (SSSR count). The minimum Gasteiger partial charge on any atom is -0.548 e. The van der Waals surface area contributed by atoms with Crippen LogP contribution < -0.4 is 74.3 Å². The van der Waals surface area contributed by atoms with Gasteiger partial charge in [-0.2, -0.15) is 5.01 Å². The van der Waals surface area contributed by atoms with E-state index in [-0.39, 0.29) is 65.7 Å². The quantitative estimate of drug-likeness (QED) is 0.382. The molecule has 1 atom stereocenters. The summed E-state index contributed by atoms with van der Waals surface area (Å²) in [5, 5.41) is 37.3. The number of carboxylic acids is 2. The van der Waals surface area contributed by atoms with E-state index in [1.165, 1.54) is 5.01 Å². The van der Waals surface area contributed by atoms with Crippen LogP contribution in [0.3, 0.4) is 0 Å². The van der Waals surface area contributed by atoms with Gasteiger partial charge in [0.25, 0.3) is 0 Å². The molecule has 123 valence electrons. The van der Waals surface area contributed by atoms with Crippen molar-refractivity contribution in [1.29, 1.82) is 0 Å². The number of para-hydroxylation sites is 1. The monoisotopic (exact) mass is 371 g/mol. The summed E-state index contributed by atoms with van der Waals surface area (Å²) in [6.45, 7) is 0.146. The summed E-state index contributed by atoms with van der Waals surface area (Å²) in [4.78, 5) is 22.6. The molecule has 1 aliphatic heterocycles. The summed E-state index contributed by atoms with van der Waals surface area (Å²) in [6.07, 6.45) is -1.68. The van der Waals surface area contributed by atoms with Gasteiger partial charge in [0.05, 0.1) is 24.2 Å². The Kier molecular flexibility index (Phi) is 8.78. The Hall–Kier alpha value is -0.900. The molecule has 0 aliphatic carbocycles. The van der Waals surface area contributed by atoms with Gasteiger partial charge in [-0.1, -0.05) is 48.5 Å². The molecule has 0 fully saturated rings. The van der Waals surface area contributed by atoms with Gasteiger partial charge >= 0.3 is 59.1 Å². The van der Waals surface area contributed by atoms with Crippen LogP contribution in [-0.2, 0) is 21.2 Å². The van der Waals surface area contributed by atoms with Crippen LogP contribution in [-0.4, -0.2) is 23.0 Å². The van der Waals surface area contributed by atoms with Crippen molar-refractivity contribution in [3.05, 3.63) is 65.7 Å². The molecular weight excluding hydrogens is 358 g/mol. The molecule has 0 N–H and O–H groups in total. The Morgan fingerprint density at radius 2 is 1.46 bits per heavy atom. The van der Waals surface area contributed by atoms with Gasteiger partial charge in [0.15, 0.2) is 6.23 Å². The first-order valence-corrected chi connectivity index (χ1v) is 7.27. The SMILES string of the molecule is [Na+].[Na+].[O]C1c2ccccc2N(Cc2ccccc2)N1C(C(=O)[O-])C(=O)[O-]. The molecule has 1 heterocycles. The molecule has 0 amide bonds. The number of fused-ring (bicyclic) bond motifs is 1. The Morgan fingerprint density at radius 3 is 2.04 bits per heavy atom. The number of carbonyl (C=O) groups is 2. The summed E-state index contributed by atoms with van der Waals surface area (Å²) in [5.41, 5.74) is 1.57. The summed E-state index contributed by atoms with van der Waals surface area (Å²) in [5.74, 6) is -3.77. The molecule has 26 heavy (non-hydrogen) atoms. The molecule has 0 spiro atoms. The molecule has 0 aromatic heterocycles. The smallest absolute Gasteiger partial charge is 0.548 e. The zero-order chi connectivity index (χ0) is 17.3. The fraction of sp³-hybridized carbons (Fsp3) is 0.176. The van der Waals surface area contributed by atoms with E-state index in [2.05, 4.69) is 0 Å². The third-order valence-corrected chi connectivity index (χ3v) is 3.89. The van der Waals surface area contributed by atoms with E-state index in [1.807, 2.05) is 6.07 Å². The molecule has 7 nitrogen and oxygen atoms in total. The van der Waals surface area contributed by atoms with Crippen LogP contribution in [0.4, 0.5) is 5.69 Å². The Balaban J connectivity index is 0.00000169. The number of hydrogen-bond donors (Lipinski definition) is 0. The second-order valence-corrected chi connectivity index (χ2v) is 5.38. The molecule has 1 aliphatic rings. The van der Waals surface area contributed by atoms with Gasteiger partial charge in [0.1, 0.15) is 6.04 Å². The molecular formula is C17H13N2Na2O5. The maximum Gasteiger partial charge on any atom is 1.00 e. The van der Waals surface area contributed by atoms with Gasteiger partial charge in [-0.25, -0.2) is 5.11 Å². The summed E-state index contributed by atoms with van der Waals surface area (Å²) < 4.78 is 0. The average Bonchev–Trinajstić information content (AvgIpc) is 2.82. The van der Waals surface area contributed by atoms with Gasteiger partial charge < -0.3 is 19.8 Å². The number of rotatable bonds is 5. The first kappa shape index (κ1) is 23.1. The predicted molar refractivity (Wildman–Crippen MR) is 78.1 cm³/mol. The van der Waals surface area contributed by atoms with E-state index in [9.17, 15) is 24.9 Å². The fourth-order valence-corrected chi connectivity index (χ4v) is 2.84. The van der Waals surface area contributed by atoms with Crippen LogP contribution in [0, 0.1) is 0 Å². The molecule has 0 bridgehead atoms. The van der Waals surface area contributed by atoms with Crippen molar-refractivity contribution >= 4 is 17.6 Å². The number of benzene rings is 2. The number of nitrogens with zero attached hydrogens (tertiary/aromatic N) is 2. The second-order valence-electron chi connectivity index (χ2n) is 5.38. The van der Waals surface area contributed by atoms with Crippen molar-refractivity contribution < 1.29 is 84.0 Å². The molecule has 2 aromatic carbocycles. The van der Waals surface area contributed by atoms with Crippen LogP contribution in [0.1, 0.15) is 17.4 Å². The maximum atomic E-state index is 12.6. The topological polar surface area (TPSA) is 107 Å². The number of carbonyl (C=O) groups excluding carboxylic acids is 2. The van der Waals surface area contributed by atoms with Gasteiger partial charge in [-0.3, -0.25) is 5.01 Å². The molecule has 9 heteroatoms. The van der Waals surface area contributed by atoms with Crippen molar-refractivity contribution in [1.82, 2.24) is 5.01 Å². The van der Waals surface area contributed by atoms with E-state index in [0.29, 0.717) is 11.3 Å². The zero-order valence-corrected chi connectivity index (χ0v) is 18.5. The van der Waals surface area contributed by atoms with E-state index in [1.54, 1.807) is 48.5 Å². The third-order valence-electron chi connectivity index (χ3n) is 3.89. The number of aliphatic carboxylic acids is 2. The molecule has 0 saturated carbocycles. The zero-order valence-electron chi connectivity index (χ0n) is 14.5. The molecule has 2 aromatic rings. The van der Waals surface area contributed by atoms with E-state index in [0.717, 1.165) is 10.6 Å². The van der Waals surface area contributed by atoms with Crippen LogP contribution in [0.25, 0.3) is 0 Å². The van der Waals surface area contributed by atoms with Crippen LogP contribution in [0.15, 0.2) is 54.6 Å². The number of carboxylic acid groups (broad SMARTS) is 2. The second kappa shape index (κ2) is 9.87. The van der Waals surface area contributed by atoms with Crippen molar-refractivity contribution in [2.45, 2.75) is 18.8 Å². The minimum atomic E-state index is -2.18. The Labute approximate surface area is 194 Å². The van der Waals surface area contributed by atoms with E-state index in [4.69, 9.17) is 0 Å². The van der Waals surface area contributed by atoms with Gasteiger partial charge in [0.2, 0.25) is 0 Å². The summed E-state index contributed by atoms with van der Waals surface area (Å²) >= 11 is 0. The van der Waals surface area contributed by atoms with Crippen LogP contribution >= 0.6 is 0 Å². The van der Waals surface area contributed by atoms with E-state index >= 15 is 0 Å². The predicted octanol–water partition coefficient (Wildman–Crippen LogP) is -6.77. The fourth-order valence-electron chi connectivity index (χ4n) is 2.84. The number of hydrazine groups is 1. The summed E-state index contributed by atoms with van der Waals surface area (Å²) in [7, 11) is 0. The Morgan fingerprint density at radius 1 is 0.923 bits per heavy atom. The third kappa shape index (κ3) is 4.49. The van der Waals surface area contributed by atoms with Crippen LogP contribution in [0.2, 0.25) is 0 Å². The average molecular weight is 371 g/mol. The standard InChI is InChI=1S/C17H15N2O5.2Na/c20-15-12-8-4-5-9-13(12)18(10-11-6-2-1-3-7-11)19(15)14(16(21)22)17(23)24;;/h1-9,14-15H,10H2,(H,21,22)(H,23,24);;/q;2*+1/p-2. The van der Waals surface area contributed by atoms with Gasteiger partial charge in [0, 0.05) is 5.56 Å². The van der Waals surface area contributed by atoms with Crippen molar-refractivity contribution in [3.63, 3.8) is 0 Å². The van der Waals surface area contributed by atoms with Crippen molar-refractivity contribution in [2.24, 2.45) is 0 Å². The van der Waals surface area contributed by atoms with Gasteiger partial charge in [-0.05, 0) is 11.6 Å². The molecule has 1 unspecified atom stereocenters. The van der Waals surface area contributed by atoms with Crippen LogP contribution in [0.5, 0.6) is 0 Å². The first-order valence-electron chi connectivity index (χ1n) is 7.27. The first-order chi connectivity index (χ1) is 11.5. The largest absolute Gasteiger partial charge is 1.00 e. The molecule has 1 radical (unpaired) electrons. The maximum absolute atomic E-state index is 12.6. The number of hydrogen-bond acceptors (Lipinski definition) is 6. The van der Waals surface area contributed by atoms with E-state index < -0.39 is 24.2 Å². The minimum absolute atomic E-state index is 0. The van der Waals surface area contributed by atoms with Crippen molar-refractivity contribution in [2.75, 3.05) is 5.01 Å². The summed E-state index contributed by atoms with van der Waals surface area (Å²) in [6, 6.07) is 13.4. The molecule has 0 saturated heterocycles. The normalized spacial score (nSPS) is 15.8.